The van der Waals surface area contributed by atoms with Crippen LogP contribution in [-0.2, 0) is 22.7 Å². The van der Waals surface area contributed by atoms with Gasteiger partial charge in [-0.2, -0.15) is 0 Å². The van der Waals surface area contributed by atoms with Gasteiger partial charge in [-0.25, -0.2) is 0 Å². The quantitative estimate of drug-likeness (QED) is 0.629. The standard InChI is InChI=1S/C25H27ClN2O2S/c1-17-10-12-18(13-11-17)16-28-21-8-4-5-9-22(21)31-23(25(28)30)14-24(29)27-15-19-6-2-3-7-20(19)26/h2-3,6-7,10-14,21-22H,4-5,8-9,15-16H2,1H3,(H,27,29)/b23-14-. The van der Waals surface area contributed by atoms with Gasteiger partial charge in [0.15, 0.2) is 0 Å². The first-order valence-corrected chi connectivity index (χ1v) is 12.0. The average molecular weight is 455 g/mol. The van der Waals surface area contributed by atoms with Crippen LogP contribution in [0.3, 0.4) is 0 Å². The number of hydrogen-bond acceptors (Lipinski definition) is 3. The Morgan fingerprint density at radius 2 is 1.90 bits per heavy atom. The number of fused-ring (bicyclic) bond motifs is 1. The highest BCUT2D eigenvalue weighted by atomic mass is 35.5. The van der Waals surface area contributed by atoms with Gasteiger partial charge in [0.1, 0.15) is 0 Å². The molecule has 2 amide bonds. The van der Waals surface area contributed by atoms with E-state index < -0.39 is 0 Å². The van der Waals surface area contributed by atoms with Crippen LogP contribution in [0.2, 0.25) is 5.02 Å². The molecule has 1 aliphatic carbocycles. The second-order valence-electron chi connectivity index (χ2n) is 8.24. The molecule has 162 valence electrons. The second kappa shape index (κ2) is 9.92. The number of rotatable bonds is 5. The van der Waals surface area contributed by atoms with E-state index in [4.69, 9.17) is 11.6 Å². The topological polar surface area (TPSA) is 49.4 Å². The van der Waals surface area contributed by atoms with E-state index in [0.29, 0.717) is 28.3 Å². The molecule has 2 unspecified atom stereocenters. The number of benzene rings is 2. The number of nitrogens with zero attached hydrogens (tertiary/aromatic N) is 1. The number of nitrogens with one attached hydrogen (secondary N) is 1. The molecule has 0 aromatic heterocycles. The Balaban J connectivity index is 1.50. The molecular weight excluding hydrogens is 428 g/mol. The number of carbonyl (C=O) groups is 2. The fourth-order valence-corrected chi connectivity index (χ4v) is 5.89. The molecule has 2 atom stereocenters. The summed E-state index contributed by atoms with van der Waals surface area (Å²) in [7, 11) is 0. The number of amides is 2. The molecule has 2 aromatic carbocycles. The van der Waals surface area contributed by atoms with E-state index >= 15 is 0 Å². The molecular formula is C25H27ClN2O2S. The minimum Gasteiger partial charge on any atom is -0.348 e. The Hall–Kier alpha value is -2.24. The van der Waals surface area contributed by atoms with Gasteiger partial charge in [0.25, 0.3) is 5.91 Å². The molecule has 0 bridgehead atoms. The number of halogens is 1. The maximum absolute atomic E-state index is 13.4. The fourth-order valence-electron chi connectivity index (χ4n) is 4.25. The highest BCUT2D eigenvalue weighted by Crippen LogP contribution is 2.42. The molecule has 4 nitrogen and oxygen atoms in total. The van der Waals surface area contributed by atoms with Crippen molar-refractivity contribution in [3.05, 3.63) is 81.2 Å². The molecule has 1 N–H and O–H groups in total. The van der Waals surface area contributed by atoms with E-state index in [2.05, 4.69) is 36.5 Å². The lowest BCUT2D eigenvalue weighted by molar-refractivity contribution is -0.130. The van der Waals surface area contributed by atoms with E-state index in [1.54, 1.807) is 17.8 Å². The first kappa shape index (κ1) is 22.0. The van der Waals surface area contributed by atoms with E-state index in [-0.39, 0.29) is 17.9 Å². The summed E-state index contributed by atoms with van der Waals surface area (Å²) >= 11 is 7.75. The van der Waals surface area contributed by atoms with Crippen molar-refractivity contribution in [3.8, 4) is 0 Å². The smallest absolute Gasteiger partial charge is 0.261 e. The third-order valence-corrected chi connectivity index (χ3v) is 7.73. The summed E-state index contributed by atoms with van der Waals surface area (Å²) in [6.07, 6.45) is 5.90. The fraction of sp³-hybridized carbons (Fsp3) is 0.360. The van der Waals surface area contributed by atoms with Crippen molar-refractivity contribution in [2.75, 3.05) is 0 Å². The van der Waals surface area contributed by atoms with Gasteiger partial charge in [-0.15, -0.1) is 11.8 Å². The number of thioether (sulfide) groups is 1. The predicted octanol–water partition coefficient (Wildman–Crippen LogP) is 5.24. The van der Waals surface area contributed by atoms with Gasteiger partial charge in [-0.1, -0.05) is 72.5 Å². The van der Waals surface area contributed by atoms with Crippen LogP contribution in [0.15, 0.2) is 59.5 Å². The van der Waals surface area contributed by atoms with E-state index in [9.17, 15) is 9.59 Å². The van der Waals surface area contributed by atoms with Crippen molar-refractivity contribution in [3.63, 3.8) is 0 Å². The van der Waals surface area contributed by atoms with Gasteiger partial charge in [0.05, 0.1) is 4.91 Å². The third-order valence-electron chi connectivity index (χ3n) is 5.96. The molecule has 2 aromatic rings. The summed E-state index contributed by atoms with van der Waals surface area (Å²) in [6, 6.07) is 16.0. The number of hydrogen-bond donors (Lipinski definition) is 1. The largest absolute Gasteiger partial charge is 0.348 e. The molecule has 2 aliphatic rings. The second-order valence-corrected chi connectivity index (χ2v) is 9.93. The van der Waals surface area contributed by atoms with Crippen molar-refractivity contribution in [2.24, 2.45) is 0 Å². The molecule has 2 fully saturated rings. The van der Waals surface area contributed by atoms with Crippen LogP contribution in [0.1, 0.15) is 42.4 Å². The molecule has 1 saturated heterocycles. The SMILES string of the molecule is Cc1ccc(CN2C(=O)/C(=C/C(=O)NCc3ccccc3Cl)SC3CCCCC32)cc1. The number of carbonyl (C=O) groups excluding carboxylic acids is 2. The summed E-state index contributed by atoms with van der Waals surface area (Å²) in [4.78, 5) is 28.5. The Bertz CT molecular complexity index is 989. The van der Waals surface area contributed by atoms with E-state index in [1.807, 2.05) is 23.1 Å². The van der Waals surface area contributed by atoms with Crippen LogP contribution < -0.4 is 5.32 Å². The van der Waals surface area contributed by atoms with Crippen LogP contribution in [0.5, 0.6) is 0 Å². The van der Waals surface area contributed by atoms with Gasteiger partial charge in [0, 0.05) is 35.5 Å². The highest BCUT2D eigenvalue weighted by molar-refractivity contribution is 8.04. The summed E-state index contributed by atoms with van der Waals surface area (Å²) in [5.41, 5.74) is 3.18. The monoisotopic (exact) mass is 454 g/mol. The Labute approximate surface area is 193 Å². The normalized spacial score (nSPS) is 22.3. The van der Waals surface area contributed by atoms with Crippen LogP contribution in [0.25, 0.3) is 0 Å². The maximum atomic E-state index is 13.4. The molecule has 4 rings (SSSR count). The minimum absolute atomic E-state index is 0.0402. The molecule has 1 aliphatic heterocycles. The van der Waals surface area contributed by atoms with Crippen molar-refractivity contribution >= 4 is 35.2 Å². The Kier molecular flexibility index (Phi) is 7.03. The lowest BCUT2D eigenvalue weighted by Gasteiger charge is -2.44. The van der Waals surface area contributed by atoms with Gasteiger partial charge < -0.3 is 10.2 Å². The Morgan fingerprint density at radius 1 is 1.16 bits per heavy atom. The van der Waals surface area contributed by atoms with Crippen molar-refractivity contribution < 1.29 is 9.59 Å². The minimum atomic E-state index is -0.264. The van der Waals surface area contributed by atoms with Gasteiger partial charge >= 0.3 is 0 Å². The third kappa shape index (κ3) is 5.34. The lowest BCUT2D eigenvalue weighted by Crippen LogP contribution is -2.51. The molecule has 1 heterocycles. The van der Waals surface area contributed by atoms with Crippen LogP contribution in [0, 0.1) is 6.92 Å². The van der Waals surface area contributed by atoms with Crippen molar-refractivity contribution in [1.82, 2.24) is 10.2 Å². The summed E-state index contributed by atoms with van der Waals surface area (Å²) in [5.74, 6) is -0.304. The zero-order chi connectivity index (χ0) is 21.8. The molecule has 6 heteroatoms. The van der Waals surface area contributed by atoms with E-state index in [0.717, 1.165) is 30.4 Å². The zero-order valence-electron chi connectivity index (χ0n) is 17.6. The first-order valence-electron chi connectivity index (χ1n) is 10.8. The molecule has 0 spiro atoms. The van der Waals surface area contributed by atoms with Gasteiger partial charge in [-0.3, -0.25) is 9.59 Å². The van der Waals surface area contributed by atoms with E-state index in [1.165, 1.54) is 18.1 Å². The highest BCUT2D eigenvalue weighted by Gasteiger charge is 2.40. The van der Waals surface area contributed by atoms with Gasteiger partial charge in [-0.05, 0) is 37.0 Å². The zero-order valence-corrected chi connectivity index (χ0v) is 19.2. The summed E-state index contributed by atoms with van der Waals surface area (Å²) < 4.78 is 0. The van der Waals surface area contributed by atoms with Crippen molar-refractivity contribution in [1.29, 1.82) is 0 Å². The lowest BCUT2D eigenvalue weighted by atomic mass is 9.92. The molecule has 1 saturated carbocycles. The van der Waals surface area contributed by atoms with Crippen LogP contribution in [0.4, 0.5) is 0 Å². The summed E-state index contributed by atoms with van der Waals surface area (Å²) in [5, 5.41) is 3.83. The number of aryl methyl sites for hydroxylation is 1. The molecule has 0 radical (unpaired) electrons. The maximum Gasteiger partial charge on any atom is 0.261 e. The first-order chi connectivity index (χ1) is 15.0. The predicted molar refractivity (Wildman–Crippen MR) is 127 cm³/mol. The van der Waals surface area contributed by atoms with Crippen molar-refractivity contribution in [2.45, 2.75) is 57.0 Å². The van der Waals surface area contributed by atoms with Crippen LogP contribution in [-0.4, -0.2) is 28.0 Å². The molecule has 31 heavy (non-hydrogen) atoms. The Morgan fingerprint density at radius 3 is 2.68 bits per heavy atom. The summed E-state index contributed by atoms with van der Waals surface area (Å²) in [6.45, 7) is 2.98. The van der Waals surface area contributed by atoms with Crippen LogP contribution >= 0.6 is 23.4 Å². The van der Waals surface area contributed by atoms with Gasteiger partial charge in [0.2, 0.25) is 5.91 Å². The average Bonchev–Trinajstić information content (AvgIpc) is 2.77.